The molecule has 0 bridgehead atoms. The Morgan fingerprint density at radius 1 is 1.10 bits per heavy atom. The lowest BCUT2D eigenvalue weighted by Crippen LogP contribution is -2.56. The zero-order valence-corrected chi connectivity index (χ0v) is 16.5. The SMILES string of the molecule is Cl.NCC(=O)NCC(=O)OCN1C(=O)CCC(N2C(=O)c3ccccc3C2=O)C1=O. The fourth-order valence-corrected chi connectivity index (χ4v) is 3.12. The number of carbonyl (C=O) groups is 6. The quantitative estimate of drug-likeness (QED) is 0.414. The fraction of sp³-hybridized carbons (Fsp3) is 0.333. The summed E-state index contributed by atoms with van der Waals surface area (Å²) < 4.78 is 4.85. The molecular formula is C18H19ClN4O7. The Morgan fingerprint density at radius 3 is 2.27 bits per heavy atom. The van der Waals surface area contributed by atoms with Gasteiger partial charge in [-0.1, -0.05) is 12.1 Å². The molecule has 0 spiro atoms. The molecule has 12 heteroatoms. The van der Waals surface area contributed by atoms with Crippen LogP contribution >= 0.6 is 12.4 Å². The van der Waals surface area contributed by atoms with Crippen LogP contribution in [0.15, 0.2) is 24.3 Å². The number of amides is 5. The summed E-state index contributed by atoms with van der Waals surface area (Å²) in [7, 11) is 0. The molecule has 1 unspecified atom stereocenters. The number of likely N-dealkylation sites (tertiary alicyclic amines) is 1. The highest BCUT2D eigenvalue weighted by Crippen LogP contribution is 2.28. The number of nitrogens with two attached hydrogens (primary N) is 1. The lowest BCUT2D eigenvalue weighted by molar-refractivity contribution is -0.163. The fourth-order valence-electron chi connectivity index (χ4n) is 3.12. The number of hydrogen-bond acceptors (Lipinski definition) is 8. The molecule has 1 atom stereocenters. The van der Waals surface area contributed by atoms with E-state index in [9.17, 15) is 28.8 Å². The molecule has 11 nitrogen and oxygen atoms in total. The van der Waals surface area contributed by atoms with Crippen molar-refractivity contribution in [1.82, 2.24) is 15.1 Å². The number of rotatable bonds is 6. The summed E-state index contributed by atoms with van der Waals surface area (Å²) in [6, 6.07) is 5.02. The highest BCUT2D eigenvalue weighted by atomic mass is 35.5. The summed E-state index contributed by atoms with van der Waals surface area (Å²) in [6.07, 6.45) is -0.120. The minimum absolute atomic E-state index is 0. The van der Waals surface area contributed by atoms with Crippen LogP contribution in [0.5, 0.6) is 0 Å². The molecule has 2 aliphatic heterocycles. The molecule has 0 saturated carbocycles. The van der Waals surface area contributed by atoms with Crippen LogP contribution in [0.4, 0.5) is 0 Å². The van der Waals surface area contributed by atoms with Crippen molar-refractivity contribution in [2.75, 3.05) is 19.8 Å². The third-order valence-electron chi connectivity index (χ3n) is 4.59. The van der Waals surface area contributed by atoms with Gasteiger partial charge < -0.3 is 15.8 Å². The number of nitrogens with one attached hydrogen (secondary N) is 1. The predicted molar refractivity (Wildman–Crippen MR) is 102 cm³/mol. The van der Waals surface area contributed by atoms with Gasteiger partial charge in [0.25, 0.3) is 17.7 Å². The van der Waals surface area contributed by atoms with Crippen molar-refractivity contribution in [2.24, 2.45) is 5.73 Å². The van der Waals surface area contributed by atoms with Gasteiger partial charge in [-0.15, -0.1) is 12.4 Å². The smallest absolute Gasteiger partial charge is 0.327 e. The van der Waals surface area contributed by atoms with Crippen LogP contribution in [0.2, 0.25) is 0 Å². The molecule has 5 amide bonds. The van der Waals surface area contributed by atoms with Gasteiger partial charge in [-0.3, -0.25) is 33.7 Å². The number of esters is 1. The van der Waals surface area contributed by atoms with Crippen molar-refractivity contribution in [3.05, 3.63) is 35.4 Å². The van der Waals surface area contributed by atoms with Gasteiger partial charge in [0.1, 0.15) is 12.6 Å². The molecule has 1 aromatic rings. The van der Waals surface area contributed by atoms with Crippen LogP contribution < -0.4 is 11.1 Å². The van der Waals surface area contributed by atoms with Gasteiger partial charge in [0.2, 0.25) is 11.8 Å². The molecule has 0 aromatic heterocycles. The molecule has 2 heterocycles. The van der Waals surface area contributed by atoms with Crippen molar-refractivity contribution in [3.63, 3.8) is 0 Å². The van der Waals surface area contributed by atoms with E-state index in [-0.39, 0.29) is 42.9 Å². The first-order valence-corrected chi connectivity index (χ1v) is 8.78. The van der Waals surface area contributed by atoms with Crippen LogP contribution in [0.1, 0.15) is 33.6 Å². The van der Waals surface area contributed by atoms with Gasteiger partial charge in [0, 0.05) is 6.42 Å². The second kappa shape index (κ2) is 9.46. The zero-order valence-electron chi connectivity index (χ0n) is 15.7. The third kappa shape index (κ3) is 4.31. The Labute approximate surface area is 176 Å². The first kappa shape index (κ1) is 23.0. The highest BCUT2D eigenvalue weighted by Gasteiger charge is 2.47. The maximum atomic E-state index is 12.8. The van der Waals surface area contributed by atoms with E-state index in [0.717, 1.165) is 4.90 Å². The van der Waals surface area contributed by atoms with Gasteiger partial charge in [-0.05, 0) is 18.6 Å². The van der Waals surface area contributed by atoms with E-state index >= 15 is 0 Å². The summed E-state index contributed by atoms with van der Waals surface area (Å²) in [6.45, 7) is -1.47. The molecule has 2 aliphatic rings. The van der Waals surface area contributed by atoms with Gasteiger partial charge >= 0.3 is 5.97 Å². The summed E-state index contributed by atoms with van der Waals surface area (Å²) in [5, 5.41) is 2.19. The van der Waals surface area contributed by atoms with E-state index in [1.54, 1.807) is 12.1 Å². The normalized spacial score (nSPS) is 18.1. The van der Waals surface area contributed by atoms with Gasteiger partial charge in [0.15, 0.2) is 6.73 Å². The van der Waals surface area contributed by atoms with Crippen molar-refractivity contribution < 1.29 is 33.5 Å². The summed E-state index contributed by atoms with van der Waals surface area (Å²) in [5.74, 6) is -4.08. The van der Waals surface area contributed by atoms with Crippen LogP contribution in [0, 0.1) is 0 Å². The number of imide groups is 2. The monoisotopic (exact) mass is 438 g/mol. The van der Waals surface area contributed by atoms with E-state index in [0.29, 0.717) is 4.90 Å². The number of nitrogens with zero attached hydrogens (tertiary/aromatic N) is 2. The highest BCUT2D eigenvalue weighted by molar-refractivity contribution is 6.23. The summed E-state index contributed by atoms with van der Waals surface area (Å²) in [5.41, 5.74) is 5.47. The van der Waals surface area contributed by atoms with Crippen LogP contribution in [-0.2, 0) is 23.9 Å². The molecule has 30 heavy (non-hydrogen) atoms. The maximum absolute atomic E-state index is 12.8. The number of piperidine rings is 1. The molecular weight excluding hydrogens is 420 g/mol. The third-order valence-corrected chi connectivity index (χ3v) is 4.59. The average Bonchev–Trinajstić information content (AvgIpc) is 2.97. The molecule has 1 aromatic carbocycles. The van der Waals surface area contributed by atoms with Crippen LogP contribution in [0.25, 0.3) is 0 Å². The second-order valence-electron chi connectivity index (χ2n) is 6.37. The van der Waals surface area contributed by atoms with Crippen molar-refractivity contribution in [1.29, 1.82) is 0 Å². The first-order chi connectivity index (χ1) is 13.8. The van der Waals surface area contributed by atoms with Gasteiger partial charge in [0.05, 0.1) is 17.7 Å². The topological polar surface area (TPSA) is 156 Å². The minimum Gasteiger partial charge on any atom is -0.442 e. The number of ether oxygens (including phenoxy) is 1. The summed E-state index contributed by atoms with van der Waals surface area (Å²) in [4.78, 5) is 74.3. The lowest BCUT2D eigenvalue weighted by Gasteiger charge is -2.33. The molecule has 0 aliphatic carbocycles. The Balaban J connectivity index is 0.00000320. The summed E-state index contributed by atoms with van der Waals surface area (Å²) >= 11 is 0. The zero-order chi connectivity index (χ0) is 21.1. The standard InChI is InChI=1S/C18H18N4O7.ClH/c19-7-13(23)20-8-15(25)29-9-21-14(24)6-5-12(18(21)28)22-16(26)10-3-1-2-4-11(10)17(22)27;/h1-4,12H,5-9,19H2,(H,20,23);1H. The molecule has 3 N–H and O–H groups in total. The Morgan fingerprint density at radius 2 is 1.70 bits per heavy atom. The van der Waals surface area contributed by atoms with Crippen molar-refractivity contribution in [2.45, 2.75) is 18.9 Å². The number of fused-ring (bicyclic) bond motifs is 1. The van der Waals surface area contributed by atoms with Crippen molar-refractivity contribution >= 4 is 47.9 Å². The van der Waals surface area contributed by atoms with Crippen LogP contribution in [0.3, 0.4) is 0 Å². The predicted octanol–water partition coefficient (Wildman–Crippen LogP) is -1.20. The van der Waals surface area contributed by atoms with E-state index in [4.69, 9.17) is 10.5 Å². The number of benzene rings is 1. The second-order valence-corrected chi connectivity index (χ2v) is 6.37. The maximum Gasteiger partial charge on any atom is 0.327 e. The van der Waals surface area contributed by atoms with E-state index in [1.165, 1.54) is 12.1 Å². The molecule has 1 fully saturated rings. The van der Waals surface area contributed by atoms with Crippen molar-refractivity contribution in [3.8, 4) is 0 Å². The molecule has 160 valence electrons. The molecule has 3 rings (SSSR count). The molecule has 0 radical (unpaired) electrons. The first-order valence-electron chi connectivity index (χ1n) is 8.78. The molecule has 1 saturated heterocycles. The number of halogens is 1. The van der Waals surface area contributed by atoms with E-state index < -0.39 is 54.8 Å². The largest absolute Gasteiger partial charge is 0.442 e. The number of carbonyl (C=O) groups excluding carboxylic acids is 6. The lowest BCUT2D eigenvalue weighted by atomic mass is 10.0. The Bertz CT molecular complexity index is 885. The van der Waals surface area contributed by atoms with Gasteiger partial charge in [-0.2, -0.15) is 0 Å². The van der Waals surface area contributed by atoms with Crippen LogP contribution in [-0.4, -0.2) is 71.2 Å². The number of hydrogen-bond donors (Lipinski definition) is 2. The van der Waals surface area contributed by atoms with E-state index in [1.807, 2.05) is 0 Å². The van der Waals surface area contributed by atoms with Gasteiger partial charge in [-0.25, -0.2) is 4.90 Å². The van der Waals surface area contributed by atoms with E-state index in [2.05, 4.69) is 5.32 Å². The Hall–Kier alpha value is -3.31. The Kier molecular flexibility index (Phi) is 7.24. The minimum atomic E-state index is -1.17. The average molecular weight is 439 g/mol.